The minimum atomic E-state index is -1.86. The maximum Gasteiger partial charge on any atom is 0.335 e. The highest BCUT2D eigenvalue weighted by Gasteiger charge is 2.80. The molecule has 2 N–H and O–H groups in total. The Morgan fingerprint density at radius 3 is 2.57 bits per heavy atom. The third-order valence-corrected chi connectivity index (χ3v) is 11.6. The van der Waals surface area contributed by atoms with E-state index in [0.717, 1.165) is 11.1 Å². The molecular formula is C32H40O10. The molecule has 3 aliphatic heterocycles. The predicted molar refractivity (Wildman–Crippen MR) is 146 cm³/mol. The van der Waals surface area contributed by atoms with Crippen LogP contribution in [0.5, 0.6) is 0 Å². The number of aliphatic hydroxyl groups excluding tert-OH is 1. The average Bonchev–Trinajstić information content (AvgIpc) is 3.49. The van der Waals surface area contributed by atoms with Crippen molar-refractivity contribution < 1.29 is 48.0 Å². The quantitative estimate of drug-likeness (QED) is 0.228. The van der Waals surface area contributed by atoms with Crippen LogP contribution in [0.25, 0.3) is 0 Å². The van der Waals surface area contributed by atoms with Crippen LogP contribution < -0.4 is 0 Å². The fraction of sp³-hybridized carbons (Fsp3) is 0.656. The standard InChI is InChI=1S/C32H40O10/c1-7-16(2)27(35)42-26-21-12-18-19(8-10-29(3)20(18)13-22(33)41-25(29)17-9-11-39-14-17)31(5)24(23(34)28(36)38-6)30(26,4)15-40-32(21,31)37/h7,9,11-12,14,19-21,23-26,34,37H,8,10,13,15H2,1-6H3/b16-7+/t19-,20-,21-,23+,24-,25-,26+,29+,30-,31+,32+/m0/s1. The third kappa shape index (κ3) is 3.58. The van der Waals surface area contributed by atoms with Crippen LogP contribution in [0.1, 0.15) is 65.5 Å². The van der Waals surface area contributed by atoms with Gasteiger partial charge in [0.2, 0.25) is 0 Å². The Morgan fingerprint density at radius 1 is 1.19 bits per heavy atom. The van der Waals surface area contributed by atoms with E-state index in [9.17, 15) is 24.6 Å². The number of methoxy groups -OCH3 is 1. The van der Waals surface area contributed by atoms with E-state index in [0.29, 0.717) is 18.4 Å². The van der Waals surface area contributed by atoms with E-state index >= 15 is 0 Å². The maximum absolute atomic E-state index is 13.2. The molecule has 4 bridgehead atoms. The molecule has 2 saturated carbocycles. The van der Waals surface area contributed by atoms with Crippen molar-refractivity contribution in [1.29, 1.82) is 0 Å². The van der Waals surface area contributed by atoms with Crippen LogP contribution in [-0.4, -0.2) is 59.8 Å². The van der Waals surface area contributed by atoms with Gasteiger partial charge in [-0.1, -0.05) is 38.5 Å². The number of hydrogen-bond donors (Lipinski definition) is 2. The van der Waals surface area contributed by atoms with Gasteiger partial charge in [0.1, 0.15) is 12.2 Å². The molecule has 0 radical (unpaired) electrons. The highest BCUT2D eigenvalue weighted by molar-refractivity contribution is 5.88. The molecule has 7 rings (SSSR count). The Morgan fingerprint density at radius 2 is 1.93 bits per heavy atom. The zero-order valence-corrected chi connectivity index (χ0v) is 24.9. The average molecular weight is 585 g/mol. The van der Waals surface area contributed by atoms with E-state index in [4.69, 9.17) is 23.4 Å². The molecule has 0 amide bonds. The summed E-state index contributed by atoms with van der Waals surface area (Å²) in [7, 11) is 1.21. The first kappa shape index (κ1) is 29.1. The zero-order valence-electron chi connectivity index (χ0n) is 24.9. The number of carbonyl (C=O) groups is 3. The number of cyclic esters (lactones) is 1. The fourth-order valence-electron chi connectivity index (χ4n) is 9.42. The number of ether oxygens (including phenoxy) is 4. The van der Waals surface area contributed by atoms with Gasteiger partial charge < -0.3 is 33.6 Å². The van der Waals surface area contributed by atoms with Gasteiger partial charge in [0, 0.05) is 33.3 Å². The molecule has 10 nitrogen and oxygen atoms in total. The van der Waals surface area contributed by atoms with Gasteiger partial charge in [-0.15, -0.1) is 0 Å². The van der Waals surface area contributed by atoms with E-state index in [1.807, 2.05) is 19.9 Å². The van der Waals surface area contributed by atoms with E-state index in [1.165, 1.54) is 7.11 Å². The van der Waals surface area contributed by atoms with Crippen LogP contribution in [0, 0.1) is 39.9 Å². The fourth-order valence-corrected chi connectivity index (χ4v) is 9.42. The second-order valence-corrected chi connectivity index (χ2v) is 13.5. The van der Waals surface area contributed by atoms with Crippen LogP contribution in [0.2, 0.25) is 0 Å². The summed E-state index contributed by atoms with van der Waals surface area (Å²) in [6.45, 7) is 9.16. The highest BCUT2D eigenvalue weighted by Crippen LogP contribution is 2.74. The lowest BCUT2D eigenvalue weighted by molar-refractivity contribution is -0.434. The Kier molecular flexibility index (Phi) is 6.61. The lowest BCUT2D eigenvalue weighted by Gasteiger charge is -2.74. The minimum Gasteiger partial charge on any atom is -0.472 e. The summed E-state index contributed by atoms with van der Waals surface area (Å²) < 4.78 is 28.7. The Hall–Kier alpha value is -2.95. The molecule has 0 unspecified atom stereocenters. The number of aliphatic hydroxyl groups is 2. The monoisotopic (exact) mass is 584 g/mol. The van der Waals surface area contributed by atoms with Crippen LogP contribution >= 0.6 is 0 Å². The van der Waals surface area contributed by atoms with Crippen molar-refractivity contribution in [3.8, 4) is 0 Å². The Labute approximate surface area is 245 Å². The predicted octanol–water partition coefficient (Wildman–Crippen LogP) is 3.63. The molecule has 3 saturated heterocycles. The van der Waals surface area contributed by atoms with Gasteiger partial charge in [-0.05, 0) is 44.6 Å². The summed E-state index contributed by atoms with van der Waals surface area (Å²) >= 11 is 0. The van der Waals surface area contributed by atoms with Gasteiger partial charge in [0.25, 0.3) is 0 Å². The first-order chi connectivity index (χ1) is 19.8. The smallest absolute Gasteiger partial charge is 0.335 e. The number of carbonyl (C=O) groups excluding carboxylic acids is 3. The number of hydrogen-bond acceptors (Lipinski definition) is 10. The van der Waals surface area contributed by atoms with Crippen molar-refractivity contribution in [2.24, 2.45) is 39.9 Å². The number of furan rings is 1. The highest BCUT2D eigenvalue weighted by atomic mass is 16.6. The van der Waals surface area contributed by atoms with Crippen molar-refractivity contribution in [3.05, 3.63) is 47.5 Å². The zero-order chi connectivity index (χ0) is 30.4. The molecule has 1 aromatic rings. The van der Waals surface area contributed by atoms with Crippen molar-refractivity contribution in [2.75, 3.05) is 13.7 Å². The molecule has 5 fully saturated rings. The molecule has 42 heavy (non-hydrogen) atoms. The summed E-state index contributed by atoms with van der Waals surface area (Å²) in [6, 6.07) is 1.81. The number of esters is 3. The summed E-state index contributed by atoms with van der Waals surface area (Å²) in [5, 5.41) is 24.2. The summed E-state index contributed by atoms with van der Waals surface area (Å²) in [4.78, 5) is 39.3. The first-order valence-corrected chi connectivity index (χ1v) is 14.7. The molecule has 6 aliphatic rings. The number of fused-ring (bicyclic) bond motifs is 4. The van der Waals surface area contributed by atoms with Gasteiger partial charge in [0.05, 0.1) is 38.6 Å². The van der Waals surface area contributed by atoms with Crippen molar-refractivity contribution in [1.82, 2.24) is 0 Å². The van der Waals surface area contributed by atoms with E-state index in [1.54, 1.807) is 38.5 Å². The summed E-state index contributed by atoms with van der Waals surface area (Å²) in [5.41, 5.74) is -0.616. The van der Waals surface area contributed by atoms with Crippen molar-refractivity contribution >= 4 is 17.9 Å². The second-order valence-electron chi connectivity index (χ2n) is 13.5. The molecule has 3 aliphatic carbocycles. The molecule has 10 heteroatoms. The lowest BCUT2D eigenvalue weighted by atomic mass is 9.37. The van der Waals surface area contributed by atoms with Gasteiger partial charge in [-0.3, -0.25) is 4.79 Å². The van der Waals surface area contributed by atoms with Gasteiger partial charge >= 0.3 is 17.9 Å². The third-order valence-electron chi connectivity index (χ3n) is 11.6. The van der Waals surface area contributed by atoms with E-state index < -0.39 is 64.1 Å². The summed E-state index contributed by atoms with van der Waals surface area (Å²) in [6.07, 6.45) is 5.05. The van der Waals surface area contributed by atoms with Crippen LogP contribution in [-0.2, 0) is 33.3 Å². The second kappa shape index (κ2) is 9.53. The van der Waals surface area contributed by atoms with Crippen LogP contribution in [0.3, 0.4) is 0 Å². The Balaban J connectivity index is 1.54. The SMILES string of the molecule is C/C=C(\C)C(=O)O[C@@H]1[C@@H]2C=C3[C@@H]4CC(=O)O[C@@H](c5ccoc5)[C@]4(C)CC[C@@H]3[C@]3(C)[C@@H]([C@@H](O)C(=O)OC)[C@]1(C)CO[C@]23O. The number of allylic oxidation sites excluding steroid dienone is 2. The number of rotatable bonds is 5. The lowest BCUT2D eigenvalue weighted by Crippen LogP contribution is -2.81. The molecular weight excluding hydrogens is 544 g/mol. The van der Waals surface area contributed by atoms with Gasteiger partial charge in [0.15, 0.2) is 11.9 Å². The molecule has 11 atom stereocenters. The minimum absolute atomic E-state index is 0.0347. The molecule has 0 aromatic carbocycles. The molecule has 228 valence electrons. The first-order valence-electron chi connectivity index (χ1n) is 14.7. The van der Waals surface area contributed by atoms with Gasteiger partial charge in [-0.2, -0.15) is 0 Å². The topological polar surface area (TPSA) is 142 Å². The van der Waals surface area contributed by atoms with E-state index in [-0.39, 0.29) is 30.8 Å². The molecule has 0 spiro atoms. The largest absolute Gasteiger partial charge is 0.472 e. The van der Waals surface area contributed by atoms with Crippen LogP contribution in [0.15, 0.2) is 46.3 Å². The summed E-state index contributed by atoms with van der Waals surface area (Å²) in [5.74, 6) is -5.90. The van der Waals surface area contributed by atoms with Crippen molar-refractivity contribution in [2.45, 2.75) is 78.0 Å². The molecule has 4 heterocycles. The van der Waals surface area contributed by atoms with Crippen molar-refractivity contribution in [3.63, 3.8) is 0 Å². The Bertz CT molecular complexity index is 1360. The van der Waals surface area contributed by atoms with E-state index in [2.05, 4.69) is 6.92 Å². The normalized spacial score (nSPS) is 44.7. The van der Waals surface area contributed by atoms with Crippen LogP contribution in [0.4, 0.5) is 0 Å². The maximum atomic E-state index is 13.2. The molecule has 1 aromatic heterocycles. The van der Waals surface area contributed by atoms with Gasteiger partial charge in [-0.25, -0.2) is 9.59 Å².